The van der Waals surface area contributed by atoms with Gasteiger partial charge in [0.2, 0.25) is 15.6 Å². The molecule has 14 heteroatoms. The number of aliphatic hydroxyl groups is 1. The molecule has 0 spiro atoms. The quantitative estimate of drug-likeness (QED) is 0.107. The number of esters is 1. The van der Waals surface area contributed by atoms with E-state index in [2.05, 4.69) is 15.7 Å². The van der Waals surface area contributed by atoms with Gasteiger partial charge in [-0.1, -0.05) is 67.2 Å². The monoisotopic (exact) mass is 742 g/mol. The summed E-state index contributed by atoms with van der Waals surface area (Å²) in [5.74, 6) is -1.14. The van der Waals surface area contributed by atoms with Gasteiger partial charge in [-0.05, 0) is 76.3 Å². The maximum absolute atomic E-state index is 13.3. The van der Waals surface area contributed by atoms with Crippen molar-refractivity contribution in [2.24, 2.45) is 17.3 Å². The largest absolute Gasteiger partial charge is 0.477 e. The van der Waals surface area contributed by atoms with Gasteiger partial charge in [-0.25, -0.2) is 10.4 Å². The lowest BCUT2D eigenvalue weighted by Crippen LogP contribution is -2.59. The number of hydrazine groups is 1. The number of Topliss-reactive ketones (excluding diaryl/α,β-unsaturated/α-hetero) is 1. The fourth-order valence-corrected chi connectivity index (χ4v) is 5.72. The van der Waals surface area contributed by atoms with E-state index in [-0.39, 0.29) is 36.0 Å². The van der Waals surface area contributed by atoms with Crippen molar-refractivity contribution < 1.29 is 33.8 Å². The molecule has 0 saturated carbocycles. The number of halogens is 3. The van der Waals surface area contributed by atoms with Gasteiger partial charge in [0.05, 0.1) is 11.5 Å². The van der Waals surface area contributed by atoms with Crippen LogP contribution in [0.3, 0.4) is 0 Å². The second kappa shape index (κ2) is 18.0. The first-order chi connectivity index (χ1) is 22.9. The van der Waals surface area contributed by atoms with E-state index >= 15 is 0 Å². The van der Waals surface area contributed by atoms with Gasteiger partial charge in [0, 0.05) is 36.5 Å². The molecule has 272 valence electrons. The maximum Gasteiger partial charge on any atom is 0.325 e. The number of aromatic nitrogens is 1. The zero-order valence-electron chi connectivity index (χ0n) is 29.1. The molecule has 3 N–H and O–H groups in total. The highest BCUT2D eigenvalue weighted by Crippen LogP contribution is 2.28. The Hall–Kier alpha value is -2.70. The minimum Gasteiger partial charge on any atom is -0.477 e. The average Bonchev–Trinajstić information content (AvgIpc) is 3.04. The molecule has 1 saturated heterocycles. The predicted molar refractivity (Wildman–Crippen MR) is 190 cm³/mol. The molecule has 49 heavy (non-hydrogen) atoms. The van der Waals surface area contributed by atoms with Crippen LogP contribution in [0.2, 0.25) is 0 Å². The third-order valence-corrected chi connectivity index (χ3v) is 9.02. The van der Waals surface area contributed by atoms with E-state index in [1.807, 2.05) is 45.9 Å². The van der Waals surface area contributed by atoms with Crippen molar-refractivity contribution in [3.8, 4) is 5.88 Å². The number of hydrogen-bond donors (Lipinski definition) is 3. The molecular weight excluding hydrogens is 695 g/mol. The van der Waals surface area contributed by atoms with Crippen molar-refractivity contribution >= 4 is 69.1 Å². The lowest BCUT2D eigenvalue weighted by molar-refractivity contribution is -0.153. The molecule has 3 rings (SSSR count). The highest BCUT2D eigenvalue weighted by molar-refractivity contribution is 6.67. The summed E-state index contributed by atoms with van der Waals surface area (Å²) in [5.41, 5.74) is 2.92. The topological polar surface area (TPSA) is 147 Å². The summed E-state index contributed by atoms with van der Waals surface area (Å²) >= 11 is 17.0. The van der Waals surface area contributed by atoms with Crippen LogP contribution in [-0.4, -0.2) is 74.3 Å². The molecule has 1 aromatic heterocycles. The summed E-state index contributed by atoms with van der Waals surface area (Å²) in [4.78, 5) is 56.3. The number of amides is 2. The molecule has 1 aliphatic heterocycles. The Balaban J connectivity index is 1.45. The number of pyridine rings is 1. The van der Waals surface area contributed by atoms with Crippen molar-refractivity contribution in [2.45, 2.75) is 102 Å². The summed E-state index contributed by atoms with van der Waals surface area (Å²) in [7, 11) is 0. The number of ketones is 1. The van der Waals surface area contributed by atoms with Crippen LogP contribution in [0.4, 0.5) is 0 Å². The zero-order chi connectivity index (χ0) is 36.5. The van der Waals surface area contributed by atoms with Gasteiger partial charge >= 0.3 is 5.97 Å². The van der Waals surface area contributed by atoms with E-state index in [0.29, 0.717) is 50.9 Å². The lowest BCUT2D eigenvalue weighted by Gasteiger charge is -2.34. The summed E-state index contributed by atoms with van der Waals surface area (Å²) in [6.45, 7) is 11.0. The predicted octanol–water partition coefficient (Wildman–Crippen LogP) is 6.01. The third-order valence-electron chi connectivity index (χ3n) is 8.69. The highest BCUT2D eigenvalue weighted by Gasteiger charge is 2.34. The van der Waals surface area contributed by atoms with Crippen LogP contribution >= 0.6 is 34.8 Å². The fraction of sp³-hybridized carbons (Fsp3) is 0.629. The number of hydrogen-bond acceptors (Lipinski definition) is 9. The molecule has 0 radical (unpaired) electrons. The molecule has 1 aromatic carbocycles. The van der Waals surface area contributed by atoms with Gasteiger partial charge in [-0.3, -0.25) is 24.2 Å². The number of carbonyl (C=O) groups is 4. The standard InChI is InChI=1S/C35H49Cl3N4O7/c1-21(2)27(31(45)40-22(3)32(46)42-15-9-11-28(41-42)33(47)49-20-35(36,37)38)10-7-8-12-29(44)34(5,6)19-48-30-17-26-16-24(23(4)43)13-14-25(26)18-39-30/h13-14,16-18,21-23,27-28,41,43H,7-12,15,19-20H2,1-6H3,(H,40,45)/t22-,23+,27-,28-/m0/s1. The molecule has 0 bridgehead atoms. The Bertz CT molecular complexity index is 1460. The van der Waals surface area contributed by atoms with Gasteiger partial charge in [0.1, 0.15) is 31.1 Å². The Morgan fingerprint density at radius 1 is 1.06 bits per heavy atom. The van der Waals surface area contributed by atoms with E-state index in [4.69, 9.17) is 44.3 Å². The minimum atomic E-state index is -1.74. The van der Waals surface area contributed by atoms with E-state index in [9.17, 15) is 24.3 Å². The Kier molecular flexibility index (Phi) is 15.0. The molecule has 0 aliphatic carbocycles. The van der Waals surface area contributed by atoms with Crippen LogP contribution in [0.25, 0.3) is 10.8 Å². The Labute approximate surface area is 303 Å². The third kappa shape index (κ3) is 12.5. The van der Waals surface area contributed by atoms with Gasteiger partial charge in [0.15, 0.2) is 0 Å². The molecule has 1 fully saturated rings. The highest BCUT2D eigenvalue weighted by atomic mass is 35.6. The maximum atomic E-state index is 13.3. The van der Waals surface area contributed by atoms with Crippen LogP contribution in [0.1, 0.15) is 91.7 Å². The first kappa shape index (κ1) is 40.7. The smallest absolute Gasteiger partial charge is 0.325 e. The van der Waals surface area contributed by atoms with Crippen molar-refractivity contribution in [2.75, 3.05) is 19.8 Å². The number of aliphatic hydroxyl groups excluding tert-OH is 1. The van der Waals surface area contributed by atoms with Gasteiger partial charge in [0.25, 0.3) is 5.91 Å². The number of rotatable bonds is 16. The number of alkyl halides is 3. The van der Waals surface area contributed by atoms with Crippen LogP contribution in [0.5, 0.6) is 5.88 Å². The Morgan fingerprint density at radius 3 is 2.43 bits per heavy atom. The lowest BCUT2D eigenvalue weighted by atomic mass is 9.85. The molecule has 0 unspecified atom stereocenters. The summed E-state index contributed by atoms with van der Waals surface area (Å²) < 4.78 is 9.24. The fourth-order valence-electron chi connectivity index (χ4n) is 5.55. The van der Waals surface area contributed by atoms with Crippen molar-refractivity contribution in [3.63, 3.8) is 0 Å². The number of carbonyl (C=O) groups excluding carboxylic acids is 4. The molecule has 11 nitrogen and oxygen atoms in total. The number of fused-ring (bicyclic) bond motifs is 1. The van der Waals surface area contributed by atoms with Crippen LogP contribution in [0, 0.1) is 17.3 Å². The molecule has 1 aliphatic rings. The first-order valence-corrected chi connectivity index (χ1v) is 17.9. The van der Waals surface area contributed by atoms with Crippen molar-refractivity contribution in [1.29, 1.82) is 0 Å². The Morgan fingerprint density at radius 2 is 1.78 bits per heavy atom. The van der Waals surface area contributed by atoms with E-state index < -0.39 is 40.0 Å². The second-order valence-corrected chi connectivity index (χ2v) is 16.3. The molecule has 2 aromatic rings. The number of ether oxygens (including phenoxy) is 2. The van der Waals surface area contributed by atoms with Crippen LogP contribution in [0.15, 0.2) is 30.5 Å². The molecule has 4 atom stereocenters. The average molecular weight is 744 g/mol. The summed E-state index contributed by atoms with van der Waals surface area (Å²) in [6.07, 6.45) is 4.28. The van der Waals surface area contributed by atoms with E-state index in [0.717, 1.165) is 16.3 Å². The zero-order valence-corrected chi connectivity index (χ0v) is 31.3. The number of unbranched alkanes of at least 4 members (excludes halogenated alkanes) is 1. The van der Waals surface area contributed by atoms with Gasteiger partial charge in [-0.2, -0.15) is 0 Å². The number of benzene rings is 1. The number of nitrogens with zero attached hydrogens (tertiary/aromatic N) is 2. The van der Waals surface area contributed by atoms with Gasteiger partial charge < -0.3 is 19.9 Å². The summed E-state index contributed by atoms with van der Waals surface area (Å²) in [6, 6.07) is 5.85. The van der Waals surface area contributed by atoms with Gasteiger partial charge in [-0.15, -0.1) is 0 Å². The van der Waals surface area contributed by atoms with Crippen molar-refractivity contribution in [1.82, 2.24) is 20.7 Å². The molecule has 2 amide bonds. The van der Waals surface area contributed by atoms with E-state index in [1.54, 1.807) is 26.1 Å². The molecular formula is C35H49Cl3N4O7. The van der Waals surface area contributed by atoms with Crippen LogP contribution in [-0.2, 0) is 23.9 Å². The normalized spacial score (nSPS) is 17.4. The van der Waals surface area contributed by atoms with Crippen LogP contribution < -0.4 is 15.5 Å². The van der Waals surface area contributed by atoms with Crippen molar-refractivity contribution in [3.05, 3.63) is 36.0 Å². The minimum absolute atomic E-state index is 0.0131. The number of nitrogens with one attached hydrogen (secondary N) is 2. The second-order valence-electron chi connectivity index (χ2n) is 13.8. The SMILES string of the molecule is CC(C)[C@H](CCCCC(=O)C(C)(C)COc1cc2cc([C@@H](C)O)ccc2cn1)C(=O)N[C@@H](C)C(=O)N1CCC[C@@H](C(=O)OCC(Cl)(Cl)Cl)N1. The van der Waals surface area contributed by atoms with E-state index in [1.165, 1.54) is 5.01 Å². The first-order valence-electron chi connectivity index (χ1n) is 16.7. The molecule has 2 heterocycles. The summed E-state index contributed by atoms with van der Waals surface area (Å²) in [5, 5.41) is 15.9.